The van der Waals surface area contributed by atoms with E-state index in [9.17, 15) is 14.7 Å². The first-order chi connectivity index (χ1) is 10.9. The molecule has 1 aromatic rings. The van der Waals surface area contributed by atoms with Crippen molar-refractivity contribution in [3.05, 3.63) is 23.8 Å². The molecule has 0 aliphatic rings. The second kappa shape index (κ2) is 8.99. The van der Waals surface area contributed by atoms with E-state index < -0.39 is 12.0 Å². The van der Waals surface area contributed by atoms with Gasteiger partial charge in [0.2, 0.25) is 0 Å². The Bertz CT molecular complexity index is 547. The molecule has 0 spiro atoms. The Morgan fingerprint density at radius 1 is 1.39 bits per heavy atom. The lowest BCUT2D eigenvalue weighted by molar-refractivity contribution is -0.146. The van der Waals surface area contributed by atoms with Crippen molar-refractivity contribution >= 4 is 11.9 Å². The molecular formula is C16H24N2O5. The van der Waals surface area contributed by atoms with E-state index in [2.05, 4.69) is 5.32 Å². The van der Waals surface area contributed by atoms with E-state index in [-0.39, 0.29) is 42.0 Å². The number of aromatic hydroxyl groups is 1. The summed E-state index contributed by atoms with van der Waals surface area (Å²) in [5.74, 6) is -0.652. The molecule has 4 N–H and O–H groups in total. The maximum absolute atomic E-state index is 11.9. The summed E-state index contributed by atoms with van der Waals surface area (Å²) < 4.78 is 9.93. The molecule has 1 unspecified atom stereocenters. The van der Waals surface area contributed by atoms with Crippen LogP contribution in [0.15, 0.2) is 18.2 Å². The molecule has 128 valence electrons. The molecule has 2 atom stereocenters. The normalized spacial score (nSPS) is 13.0. The monoisotopic (exact) mass is 324 g/mol. The number of methoxy groups -OCH3 is 1. The second-order valence-corrected chi connectivity index (χ2v) is 5.22. The van der Waals surface area contributed by atoms with Crippen molar-refractivity contribution < 1.29 is 24.2 Å². The van der Waals surface area contributed by atoms with Gasteiger partial charge in [-0.05, 0) is 24.1 Å². The zero-order valence-electron chi connectivity index (χ0n) is 13.7. The van der Waals surface area contributed by atoms with E-state index in [0.29, 0.717) is 0 Å². The van der Waals surface area contributed by atoms with Crippen molar-refractivity contribution in [1.82, 2.24) is 5.32 Å². The molecular weight excluding hydrogens is 300 g/mol. The van der Waals surface area contributed by atoms with Crippen molar-refractivity contribution in [2.75, 3.05) is 20.3 Å². The number of benzene rings is 1. The molecule has 0 aliphatic heterocycles. The molecule has 0 fully saturated rings. The average molecular weight is 324 g/mol. The number of nitrogens with one attached hydrogen (secondary N) is 1. The number of phenols is 1. The number of carbonyl (C=O) groups excluding carboxylic acids is 2. The third kappa shape index (κ3) is 5.45. The number of carbonyl (C=O) groups is 2. The molecule has 0 heterocycles. The minimum atomic E-state index is -0.658. The third-order valence-corrected chi connectivity index (χ3v) is 3.60. The fraction of sp³-hybridized carbons (Fsp3) is 0.500. The number of phenolic OH excluding ortho intramolecular Hbond substituents is 1. The highest BCUT2D eigenvalue weighted by Gasteiger charge is 2.20. The summed E-state index contributed by atoms with van der Waals surface area (Å²) in [6, 6.07) is 3.67. The maximum Gasteiger partial charge on any atom is 0.323 e. The minimum absolute atomic E-state index is 0.0385. The van der Waals surface area contributed by atoms with Crippen LogP contribution in [0.5, 0.6) is 11.5 Å². The van der Waals surface area contributed by atoms with Gasteiger partial charge in [0.05, 0.1) is 13.7 Å². The Hall–Kier alpha value is -2.28. The summed E-state index contributed by atoms with van der Waals surface area (Å²) in [4.78, 5) is 23.6. The van der Waals surface area contributed by atoms with Gasteiger partial charge in [0, 0.05) is 5.56 Å². The van der Waals surface area contributed by atoms with Gasteiger partial charge >= 0.3 is 5.97 Å². The van der Waals surface area contributed by atoms with E-state index >= 15 is 0 Å². The van der Waals surface area contributed by atoms with Gasteiger partial charge in [0.15, 0.2) is 11.5 Å². The van der Waals surface area contributed by atoms with Gasteiger partial charge < -0.3 is 25.6 Å². The third-order valence-electron chi connectivity index (χ3n) is 3.60. The fourth-order valence-corrected chi connectivity index (χ4v) is 1.83. The Morgan fingerprint density at radius 2 is 2.09 bits per heavy atom. The zero-order chi connectivity index (χ0) is 17.4. The first kappa shape index (κ1) is 18.8. The van der Waals surface area contributed by atoms with Crippen molar-refractivity contribution in [2.24, 2.45) is 11.7 Å². The van der Waals surface area contributed by atoms with Crippen LogP contribution in [0.4, 0.5) is 0 Å². The highest BCUT2D eigenvalue weighted by molar-refractivity contribution is 5.94. The van der Waals surface area contributed by atoms with Crippen LogP contribution in [0.3, 0.4) is 0 Å². The van der Waals surface area contributed by atoms with Crippen LogP contribution in [0, 0.1) is 5.92 Å². The maximum atomic E-state index is 11.9. The van der Waals surface area contributed by atoms with E-state index in [0.717, 1.165) is 6.42 Å². The molecule has 1 rings (SSSR count). The highest BCUT2D eigenvalue weighted by Crippen LogP contribution is 2.25. The molecule has 7 heteroatoms. The minimum Gasteiger partial charge on any atom is -0.504 e. The zero-order valence-corrected chi connectivity index (χ0v) is 13.7. The Morgan fingerprint density at radius 3 is 2.65 bits per heavy atom. The van der Waals surface area contributed by atoms with Gasteiger partial charge in [-0.1, -0.05) is 20.3 Å². The van der Waals surface area contributed by atoms with Gasteiger partial charge in [-0.2, -0.15) is 0 Å². The van der Waals surface area contributed by atoms with E-state index in [4.69, 9.17) is 15.2 Å². The lowest BCUT2D eigenvalue weighted by atomic mass is 10.0. The molecule has 0 radical (unpaired) electrons. The number of amides is 1. The van der Waals surface area contributed by atoms with Crippen molar-refractivity contribution in [1.29, 1.82) is 0 Å². The Kier molecular flexibility index (Phi) is 7.34. The highest BCUT2D eigenvalue weighted by atomic mass is 16.5. The number of hydrogen-bond acceptors (Lipinski definition) is 6. The van der Waals surface area contributed by atoms with Crippen LogP contribution in [-0.4, -0.2) is 43.3 Å². The summed E-state index contributed by atoms with van der Waals surface area (Å²) in [6.45, 7) is 4.02. The molecule has 1 aromatic carbocycles. The molecule has 23 heavy (non-hydrogen) atoms. The van der Waals surface area contributed by atoms with Gasteiger partial charge in [-0.3, -0.25) is 9.59 Å². The molecule has 0 saturated heterocycles. The fourth-order valence-electron chi connectivity index (χ4n) is 1.83. The SMILES string of the molecule is CCC(C)[C@H](N)C(=O)OCCNC(=O)c1ccc(OC)c(O)c1. The quantitative estimate of drug-likeness (QED) is 0.487. The predicted molar refractivity (Wildman–Crippen MR) is 85.4 cm³/mol. The van der Waals surface area contributed by atoms with E-state index in [1.165, 1.54) is 25.3 Å². The van der Waals surface area contributed by atoms with Gasteiger partial charge in [0.25, 0.3) is 5.91 Å². The van der Waals surface area contributed by atoms with E-state index in [1.54, 1.807) is 0 Å². The Labute approximate surface area is 135 Å². The van der Waals surface area contributed by atoms with Crippen LogP contribution >= 0.6 is 0 Å². The number of hydrogen-bond donors (Lipinski definition) is 3. The summed E-state index contributed by atoms with van der Waals surface area (Å²) in [5, 5.41) is 12.2. The van der Waals surface area contributed by atoms with Crippen molar-refractivity contribution in [2.45, 2.75) is 26.3 Å². The number of ether oxygens (including phenoxy) is 2. The Balaban J connectivity index is 2.40. The number of nitrogens with two attached hydrogens (primary N) is 1. The summed E-state index contributed by atoms with van der Waals surface area (Å²) in [5.41, 5.74) is 6.03. The van der Waals surface area contributed by atoms with Crippen LogP contribution < -0.4 is 15.8 Å². The molecule has 0 aromatic heterocycles. The van der Waals surface area contributed by atoms with Crippen molar-refractivity contribution in [3.8, 4) is 11.5 Å². The van der Waals surface area contributed by atoms with Gasteiger partial charge in [-0.25, -0.2) is 0 Å². The van der Waals surface area contributed by atoms with Gasteiger partial charge in [0.1, 0.15) is 12.6 Å². The molecule has 0 bridgehead atoms. The van der Waals surface area contributed by atoms with Crippen LogP contribution in [0.1, 0.15) is 30.6 Å². The van der Waals surface area contributed by atoms with Crippen LogP contribution in [0.2, 0.25) is 0 Å². The lowest BCUT2D eigenvalue weighted by Gasteiger charge is -2.16. The number of esters is 1. The van der Waals surface area contributed by atoms with Gasteiger partial charge in [-0.15, -0.1) is 0 Å². The summed E-state index contributed by atoms with van der Waals surface area (Å²) in [6.07, 6.45) is 0.786. The lowest BCUT2D eigenvalue weighted by Crippen LogP contribution is -2.39. The largest absolute Gasteiger partial charge is 0.504 e. The average Bonchev–Trinajstić information content (AvgIpc) is 2.56. The predicted octanol–water partition coefficient (Wildman–Crippen LogP) is 1.05. The molecule has 7 nitrogen and oxygen atoms in total. The molecule has 0 saturated carbocycles. The smallest absolute Gasteiger partial charge is 0.323 e. The first-order valence-electron chi connectivity index (χ1n) is 7.48. The first-order valence-corrected chi connectivity index (χ1v) is 7.48. The summed E-state index contributed by atoms with van der Waals surface area (Å²) >= 11 is 0. The topological polar surface area (TPSA) is 111 Å². The van der Waals surface area contributed by atoms with Crippen molar-refractivity contribution in [3.63, 3.8) is 0 Å². The number of rotatable bonds is 8. The molecule has 1 amide bonds. The second-order valence-electron chi connectivity index (χ2n) is 5.22. The molecule has 0 aliphatic carbocycles. The van der Waals surface area contributed by atoms with Crippen LogP contribution in [0.25, 0.3) is 0 Å². The summed E-state index contributed by atoms with van der Waals surface area (Å²) in [7, 11) is 1.42. The standard InChI is InChI=1S/C16H24N2O5/c1-4-10(2)14(17)16(21)23-8-7-18-15(20)11-5-6-13(22-3)12(19)9-11/h5-6,9-10,14,19H,4,7-8,17H2,1-3H3,(H,18,20)/t10?,14-/m0/s1. The van der Waals surface area contributed by atoms with E-state index in [1.807, 2.05) is 13.8 Å². The van der Waals surface area contributed by atoms with Crippen LogP contribution in [-0.2, 0) is 9.53 Å².